The molecule has 5 rings (SSSR count). The largest absolute Gasteiger partial charge is 0.152 e. The zero-order valence-electron chi connectivity index (χ0n) is 17.1. The van der Waals surface area contributed by atoms with Crippen molar-refractivity contribution in [2.75, 3.05) is 0 Å². The van der Waals surface area contributed by atoms with E-state index in [1.165, 1.54) is 85.3 Å². The summed E-state index contributed by atoms with van der Waals surface area (Å²) in [5.41, 5.74) is 7.51. The Hall–Kier alpha value is -1.07. The van der Waals surface area contributed by atoms with Crippen molar-refractivity contribution >= 4 is 10.8 Å². The first kappa shape index (κ1) is 20.2. The topological polar surface area (TPSA) is 0 Å². The van der Waals surface area contributed by atoms with Crippen LogP contribution in [0.1, 0.15) is 86.3 Å². The van der Waals surface area contributed by atoms with E-state index in [9.17, 15) is 0 Å². The maximum absolute atomic E-state index is 2.49. The predicted molar refractivity (Wildman–Crippen MR) is 117 cm³/mol. The van der Waals surface area contributed by atoms with Crippen LogP contribution < -0.4 is 0 Å². The fraction of sp³-hybridized carbons (Fsp3) is 0.444. The summed E-state index contributed by atoms with van der Waals surface area (Å²) in [7, 11) is 0. The van der Waals surface area contributed by atoms with Gasteiger partial charge in [-0.05, 0) is 48.6 Å². The molecular weight excluding hydrogens is 416 g/mol. The molecule has 0 nitrogen and oxygen atoms in total. The van der Waals surface area contributed by atoms with Crippen molar-refractivity contribution in [2.45, 2.75) is 76.5 Å². The number of rotatable bonds is 3. The van der Waals surface area contributed by atoms with Crippen LogP contribution in [-0.4, -0.2) is 0 Å². The maximum Gasteiger partial charge on any atom is 0 e. The molecule has 1 heteroatoms. The third-order valence-corrected chi connectivity index (χ3v) is 7.31. The van der Waals surface area contributed by atoms with Gasteiger partial charge in [0.15, 0.2) is 0 Å². The minimum absolute atomic E-state index is 0. The van der Waals surface area contributed by atoms with Crippen molar-refractivity contribution in [1.29, 1.82) is 0 Å². The third-order valence-electron chi connectivity index (χ3n) is 7.31. The fourth-order valence-corrected chi connectivity index (χ4v) is 5.80. The molecule has 0 radical (unpaired) electrons. The molecule has 0 bridgehead atoms. The van der Waals surface area contributed by atoms with Crippen LogP contribution in [0.2, 0.25) is 0 Å². The van der Waals surface area contributed by atoms with Crippen LogP contribution >= 0.6 is 0 Å². The van der Waals surface area contributed by atoms with E-state index in [2.05, 4.69) is 55.5 Å². The normalized spacial score (nSPS) is 18.5. The van der Waals surface area contributed by atoms with Gasteiger partial charge in [0.25, 0.3) is 0 Å². The molecule has 2 saturated carbocycles. The monoisotopic (exact) mass is 445 g/mol. The Balaban J connectivity index is 0.00000192. The van der Waals surface area contributed by atoms with Crippen LogP contribution in [0, 0.1) is 6.92 Å². The van der Waals surface area contributed by atoms with Gasteiger partial charge in [0.1, 0.15) is 0 Å². The van der Waals surface area contributed by atoms with E-state index in [-0.39, 0.29) is 26.2 Å². The second-order valence-corrected chi connectivity index (χ2v) is 8.93. The van der Waals surface area contributed by atoms with Gasteiger partial charge in [-0.3, -0.25) is 0 Å². The van der Waals surface area contributed by atoms with Crippen molar-refractivity contribution in [3.63, 3.8) is 0 Å². The van der Waals surface area contributed by atoms with Crippen molar-refractivity contribution in [2.24, 2.45) is 0 Å². The molecule has 2 aliphatic rings. The molecule has 0 aromatic heterocycles. The average molecular weight is 447 g/mol. The number of aryl methyl sites for hydroxylation is 1. The minimum atomic E-state index is 0. The predicted octanol–water partition coefficient (Wildman–Crippen LogP) is 8.24. The molecule has 0 spiro atoms. The molecule has 3 aromatic carbocycles. The van der Waals surface area contributed by atoms with Gasteiger partial charge in [0.05, 0.1) is 0 Å². The SMILES string of the molecule is Cc1c(C2CCCC2)[cH-]c2cccc(-c3ccc(C4CCCCC4)cc3)c12.[Zr]. The molecule has 2 fully saturated rings. The summed E-state index contributed by atoms with van der Waals surface area (Å²) in [5, 5.41) is 2.92. The van der Waals surface area contributed by atoms with E-state index in [0.717, 1.165) is 11.8 Å². The smallest absolute Gasteiger partial charge is 0 e. The van der Waals surface area contributed by atoms with Gasteiger partial charge in [-0.2, -0.15) is 5.56 Å². The van der Waals surface area contributed by atoms with E-state index < -0.39 is 0 Å². The van der Waals surface area contributed by atoms with Crippen LogP contribution in [0.3, 0.4) is 0 Å². The van der Waals surface area contributed by atoms with E-state index in [1.54, 1.807) is 11.1 Å². The number of benzene rings is 2. The second-order valence-electron chi connectivity index (χ2n) is 8.93. The van der Waals surface area contributed by atoms with Crippen LogP contribution in [0.25, 0.3) is 21.9 Å². The van der Waals surface area contributed by atoms with Gasteiger partial charge in [0.2, 0.25) is 0 Å². The first-order valence-electron chi connectivity index (χ1n) is 11.1. The van der Waals surface area contributed by atoms with Crippen molar-refractivity contribution < 1.29 is 26.2 Å². The Bertz CT molecular complexity index is 919. The Morgan fingerprint density at radius 3 is 2.11 bits per heavy atom. The minimum Gasteiger partial charge on any atom is -0.152 e. The molecule has 0 saturated heterocycles. The summed E-state index contributed by atoms with van der Waals surface area (Å²) in [4.78, 5) is 0. The Morgan fingerprint density at radius 1 is 0.750 bits per heavy atom. The fourth-order valence-electron chi connectivity index (χ4n) is 5.80. The maximum atomic E-state index is 2.49. The molecule has 0 aliphatic heterocycles. The Labute approximate surface area is 189 Å². The zero-order chi connectivity index (χ0) is 18.2. The Morgan fingerprint density at radius 2 is 1.39 bits per heavy atom. The first-order valence-corrected chi connectivity index (χ1v) is 11.1. The van der Waals surface area contributed by atoms with E-state index in [1.807, 2.05) is 0 Å². The van der Waals surface area contributed by atoms with Gasteiger partial charge in [-0.1, -0.05) is 74.9 Å². The standard InChI is InChI=1S/C27H31.Zr/c1-19-26(22-10-5-6-11-22)18-24-12-7-13-25(27(19)24)23-16-14-21(15-17-23)20-8-3-2-4-9-20;/h7,12-18,20,22H,2-6,8-11H2,1H3;/q-1;. The summed E-state index contributed by atoms with van der Waals surface area (Å²) >= 11 is 0. The van der Waals surface area contributed by atoms with Crippen molar-refractivity contribution in [1.82, 2.24) is 0 Å². The quantitative estimate of drug-likeness (QED) is 0.355. The van der Waals surface area contributed by atoms with Gasteiger partial charge in [0, 0.05) is 26.2 Å². The van der Waals surface area contributed by atoms with E-state index in [4.69, 9.17) is 0 Å². The summed E-state index contributed by atoms with van der Waals surface area (Å²) in [6.07, 6.45) is 12.6. The van der Waals surface area contributed by atoms with Crippen molar-refractivity contribution in [3.05, 3.63) is 65.2 Å². The van der Waals surface area contributed by atoms with E-state index in [0.29, 0.717) is 0 Å². The van der Waals surface area contributed by atoms with Crippen LogP contribution in [0.15, 0.2) is 48.5 Å². The average Bonchev–Trinajstić information content (AvgIpc) is 3.37. The summed E-state index contributed by atoms with van der Waals surface area (Å²) in [6.45, 7) is 2.36. The molecule has 144 valence electrons. The van der Waals surface area contributed by atoms with E-state index >= 15 is 0 Å². The van der Waals surface area contributed by atoms with Gasteiger partial charge in [-0.25, -0.2) is 0 Å². The number of hydrogen-bond acceptors (Lipinski definition) is 0. The van der Waals surface area contributed by atoms with Crippen LogP contribution in [0.4, 0.5) is 0 Å². The summed E-state index contributed by atoms with van der Waals surface area (Å²) in [5.74, 6) is 1.58. The van der Waals surface area contributed by atoms with Gasteiger partial charge in [-0.15, -0.1) is 34.5 Å². The number of hydrogen-bond donors (Lipinski definition) is 0. The Kier molecular flexibility index (Phi) is 6.31. The van der Waals surface area contributed by atoms with Gasteiger partial charge >= 0.3 is 0 Å². The molecule has 0 amide bonds. The van der Waals surface area contributed by atoms with Crippen LogP contribution in [0.5, 0.6) is 0 Å². The summed E-state index contributed by atoms with van der Waals surface area (Å²) < 4.78 is 0. The van der Waals surface area contributed by atoms with Crippen LogP contribution in [-0.2, 0) is 26.2 Å². The molecule has 3 aromatic rings. The first-order chi connectivity index (χ1) is 13.3. The molecule has 0 heterocycles. The van der Waals surface area contributed by atoms with Crippen molar-refractivity contribution in [3.8, 4) is 11.1 Å². The third kappa shape index (κ3) is 3.72. The molecule has 28 heavy (non-hydrogen) atoms. The zero-order valence-corrected chi connectivity index (χ0v) is 19.6. The molecule has 0 atom stereocenters. The van der Waals surface area contributed by atoms with Gasteiger partial charge < -0.3 is 0 Å². The molecular formula is C27H31Zr-. The second kappa shape index (κ2) is 8.75. The summed E-state index contributed by atoms with van der Waals surface area (Å²) in [6, 6.07) is 18.9. The molecule has 0 N–H and O–H groups in total. The molecule has 0 unspecified atom stereocenters. The number of fused-ring (bicyclic) bond motifs is 1. The molecule has 2 aliphatic carbocycles.